The molecule has 1 heterocycles. The smallest absolute Gasteiger partial charge is 0.264 e. The molecule has 1 N–H and O–H groups in total. The second-order valence-electron chi connectivity index (χ2n) is 6.40. The van der Waals surface area contributed by atoms with Gasteiger partial charge in [0.2, 0.25) is 11.0 Å². The van der Waals surface area contributed by atoms with Crippen LogP contribution in [0.15, 0.2) is 57.8 Å². The van der Waals surface area contributed by atoms with Gasteiger partial charge in [-0.1, -0.05) is 60.4 Å². The number of amides is 1. The Bertz CT molecular complexity index is 1130. The fourth-order valence-corrected chi connectivity index (χ4v) is 5.92. The molecule has 0 saturated carbocycles. The third kappa shape index (κ3) is 5.00. The Kier molecular flexibility index (Phi) is 7.11. The van der Waals surface area contributed by atoms with Crippen LogP contribution in [0.1, 0.15) is 18.1 Å². The van der Waals surface area contributed by atoms with Gasteiger partial charge >= 0.3 is 0 Å². The summed E-state index contributed by atoms with van der Waals surface area (Å²) < 4.78 is 28.7. The van der Waals surface area contributed by atoms with Gasteiger partial charge in [0.1, 0.15) is 6.54 Å². The number of carbonyl (C=O) groups is 1. The summed E-state index contributed by atoms with van der Waals surface area (Å²) in [6.07, 6.45) is 0. The van der Waals surface area contributed by atoms with Crippen LogP contribution >= 0.6 is 23.1 Å². The van der Waals surface area contributed by atoms with Gasteiger partial charge in [-0.15, -0.1) is 10.2 Å². The van der Waals surface area contributed by atoms with E-state index in [1.165, 1.54) is 35.2 Å². The van der Waals surface area contributed by atoms with Gasteiger partial charge in [-0.25, -0.2) is 8.42 Å². The topological polar surface area (TPSA) is 92.3 Å². The first-order valence-corrected chi connectivity index (χ1v) is 12.5. The van der Waals surface area contributed by atoms with Gasteiger partial charge in [-0.05, 0) is 48.9 Å². The number of aromatic nitrogens is 2. The van der Waals surface area contributed by atoms with E-state index in [1.54, 1.807) is 30.3 Å². The molecule has 3 rings (SSSR count). The van der Waals surface area contributed by atoms with E-state index in [2.05, 4.69) is 15.5 Å². The lowest BCUT2D eigenvalue weighted by atomic mass is 10.1. The highest BCUT2D eigenvalue weighted by Gasteiger charge is 2.28. The highest BCUT2D eigenvalue weighted by atomic mass is 32.2. The van der Waals surface area contributed by atoms with E-state index in [0.29, 0.717) is 10.8 Å². The molecule has 0 spiro atoms. The van der Waals surface area contributed by atoms with Crippen molar-refractivity contribution in [1.82, 2.24) is 10.2 Å². The van der Waals surface area contributed by atoms with Crippen LogP contribution in [-0.4, -0.2) is 36.8 Å². The summed E-state index contributed by atoms with van der Waals surface area (Å²) in [4.78, 5) is 12.9. The molecular weight excluding hydrogens is 440 g/mol. The summed E-state index contributed by atoms with van der Waals surface area (Å²) in [5.41, 5.74) is 2.20. The van der Waals surface area contributed by atoms with Crippen LogP contribution in [0.5, 0.6) is 0 Å². The molecule has 0 saturated heterocycles. The second kappa shape index (κ2) is 9.59. The van der Waals surface area contributed by atoms with Crippen LogP contribution in [-0.2, 0) is 14.8 Å². The molecule has 3 aromatic rings. The van der Waals surface area contributed by atoms with Gasteiger partial charge < -0.3 is 0 Å². The molecule has 0 atom stereocenters. The minimum atomic E-state index is -3.95. The summed E-state index contributed by atoms with van der Waals surface area (Å²) in [6.45, 7) is 5.37. The third-order valence-electron chi connectivity index (χ3n) is 4.38. The molecular formula is C20H22N4O3S3. The summed E-state index contributed by atoms with van der Waals surface area (Å²) in [5, 5.41) is 11.0. The zero-order chi connectivity index (χ0) is 21.7. The Hall–Kier alpha value is -2.43. The third-order valence-corrected chi connectivity index (χ3v) is 8.01. The zero-order valence-corrected chi connectivity index (χ0v) is 19.3. The van der Waals surface area contributed by atoms with E-state index >= 15 is 0 Å². The molecule has 0 bridgehead atoms. The maximum absolute atomic E-state index is 13.4. The highest BCUT2D eigenvalue weighted by Crippen LogP contribution is 2.29. The van der Waals surface area contributed by atoms with E-state index in [0.717, 1.165) is 25.5 Å². The van der Waals surface area contributed by atoms with Crippen molar-refractivity contribution in [3.05, 3.63) is 59.7 Å². The fourth-order valence-electron chi connectivity index (χ4n) is 2.76. The standard InChI is InChI=1S/C20H22N4O3S3/c1-4-28-20-23-22-19(29-20)21-18(25)13-24(17-12-8-9-14(2)15(17)3)30(26,27)16-10-6-5-7-11-16/h5-12H,4,13H2,1-3H3,(H,21,22,25). The number of aryl methyl sites for hydroxylation is 1. The van der Waals surface area contributed by atoms with Gasteiger partial charge in [-0.3, -0.25) is 14.4 Å². The number of rotatable bonds is 8. The van der Waals surface area contributed by atoms with Gasteiger partial charge in [0, 0.05) is 0 Å². The number of hydrogen-bond acceptors (Lipinski definition) is 7. The number of benzene rings is 2. The highest BCUT2D eigenvalue weighted by molar-refractivity contribution is 8.01. The summed E-state index contributed by atoms with van der Waals surface area (Å²) >= 11 is 2.79. The molecule has 0 aliphatic rings. The minimum Gasteiger partial charge on any atom is -0.299 e. The lowest BCUT2D eigenvalue weighted by Crippen LogP contribution is -2.38. The van der Waals surface area contributed by atoms with Crippen LogP contribution in [0.2, 0.25) is 0 Å². The number of carbonyl (C=O) groups excluding carboxylic acids is 1. The summed E-state index contributed by atoms with van der Waals surface area (Å²) in [7, 11) is -3.95. The number of thioether (sulfide) groups is 1. The molecule has 2 aromatic carbocycles. The quantitative estimate of drug-likeness (QED) is 0.400. The SMILES string of the molecule is CCSc1nnc(NC(=O)CN(c2cccc(C)c2C)S(=O)(=O)c2ccccc2)s1. The fraction of sp³-hybridized carbons (Fsp3) is 0.250. The van der Waals surface area contributed by atoms with Crippen molar-refractivity contribution in [2.24, 2.45) is 0 Å². The van der Waals surface area contributed by atoms with Crippen molar-refractivity contribution in [1.29, 1.82) is 0 Å². The number of nitrogens with one attached hydrogen (secondary N) is 1. The summed E-state index contributed by atoms with van der Waals surface area (Å²) in [6, 6.07) is 13.5. The first kappa shape index (κ1) is 22.3. The van der Waals surface area contributed by atoms with Crippen molar-refractivity contribution in [2.45, 2.75) is 30.0 Å². The van der Waals surface area contributed by atoms with Crippen molar-refractivity contribution >= 4 is 49.8 Å². The lowest BCUT2D eigenvalue weighted by molar-refractivity contribution is -0.114. The van der Waals surface area contributed by atoms with Crippen LogP contribution in [0.25, 0.3) is 0 Å². The second-order valence-corrected chi connectivity index (χ2v) is 10.7. The average molecular weight is 463 g/mol. The maximum Gasteiger partial charge on any atom is 0.264 e. The Balaban J connectivity index is 1.93. The molecule has 0 radical (unpaired) electrons. The van der Waals surface area contributed by atoms with Crippen LogP contribution in [0.4, 0.5) is 10.8 Å². The average Bonchev–Trinajstić information content (AvgIpc) is 3.16. The van der Waals surface area contributed by atoms with E-state index in [9.17, 15) is 13.2 Å². The Morgan fingerprint density at radius 2 is 1.83 bits per heavy atom. The predicted molar refractivity (Wildman–Crippen MR) is 122 cm³/mol. The van der Waals surface area contributed by atoms with E-state index in [1.807, 2.05) is 26.8 Å². The molecule has 7 nitrogen and oxygen atoms in total. The molecule has 1 amide bonds. The first-order valence-electron chi connectivity index (χ1n) is 9.23. The van der Waals surface area contributed by atoms with Crippen molar-refractivity contribution in [2.75, 3.05) is 21.9 Å². The predicted octanol–water partition coefficient (Wildman–Crippen LogP) is 4.10. The van der Waals surface area contributed by atoms with Crippen molar-refractivity contribution < 1.29 is 13.2 Å². The van der Waals surface area contributed by atoms with E-state index in [4.69, 9.17) is 0 Å². The van der Waals surface area contributed by atoms with Gasteiger partial charge in [0.15, 0.2) is 4.34 Å². The first-order chi connectivity index (χ1) is 14.3. The molecule has 0 aliphatic heterocycles. The Labute approximate surface area is 184 Å². The van der Waals surface area contributed by atoms with Gasteiger partial charge in [-0.2, -0.15) is 0 Å². The Morgan fingerprint density at radius 3 is 2.53 bits per heavy atom. The summed E-state index contributed by atoms with van der Waals surface area (Å²) in [5.74, 6) is 0.359. The molecule has 0 fully saturated rings. The van der Waals surface area contributed by atoms with Crippen LogP contribution < -0.4 is 9.62 Å². The zero-order valence-electron chi connectivity index (χ0n) is 16.8. The molecule has 1 aromatic heterocycles. The van der Waals surface area contributed by atoms with Gasteiger partial charge in [0.05, 0.1) is 10.6 Å². The maximum atomic E-state index is 13.4. The Morgan fingerprint density at radius 1 is 1.10 bits per heavy atom. The van der Waals surface area contributed by atoms with Gasteiger partial charge in [0.25, 0.3) is 10.0 Å². The van der Waals surface area contributed by atoms with Crippen molar-refractivity contribution in [3.63, 3.8) is 0 Å². The lowest BCUT2D eigenvalue weighted by Gasteiger charge is -2.26. The normalized spacial score (nSPS) is 11.3. The van der Waals surface area contributed by atoms with E-state index < -0.39 is 15.9 Å². The van der Waals surface area contributed by atoms with Crippen LogP contribution in [0, 0.1) is 13.8 Å². The van der Waals surface area contributed by atoms with Crippen LogP contribution in [0.3, 0.4) is 0 Å². The number of hydrogen-bond donors (Lipinski definition) is 1. The molecule has 0 aliphatic carbocycles. The van der Waals surface area contributed by atoms with E-state index in [-0.39, 0.29) is 11.4 Å². The molecule has 30 heavy (non-hydrogen) atoms. The van der Waals surface area contributed by atoms with Crippen molar-refractivity contribution in [3.8, 4) is 0 Å². The number of anilines is 2. The molecule has 158 valence electrons. The largest absolute Gasteiger partial charge is 0.299 e. The monoisotopic (exact) mass is 462 g/mol. The number of sulfonamides is 1. The molecule has 0 unspecified atom stereocenters. The number of nitrogens with zero attached hydrogens (tertiary/aromatic N) is 3. The molecule has 10 heteroatoms. The minimum absolute atomic E-state index is 0.122.